The largest absolute Gasteiger partial charge is 0.342 e. The summed E-state index contributed by atoms with van der Waals surface area (Å²) in [5, 5.41) is 0. The van der Waals surface area contributed by atoms with Gasteiger partial charge >= 0.3 is 0 Å². The summed E-state index contributed by atoms with van der Waals surface area (Å²) in [4.78, 5) is 29.9. The first-order valence-electron chi connectivity index (χ1n) is 7.75. The lowest BCUT2D eigenvalue weighted by atomic mass is 10.1. The zero-order valence-corrected chi connectivity index (χ0v) is 13.4. The summed E-state index contributed by atoms with van der Waals surface area (Å²) in [5.41, 5.74) is 0. The molecule has 0 bridgehead atoms. The van der Waals surface area contributed by atoms with Crippen molar-refractivity contribution in [3.05, 3.63) is 0 Å². The molecule has 5 heteroatoms. The molecule has 0 aromatic rings. The van der Waals surface area contributed by atoms with Gasteiger partial charge in [-0.2, -0.15) is 0 Å². The Morgan fingerprint density at radius 1 is 1.05 bits per heavy atom. The van der Waals surface area contributed by atoms with E-state index in [4.69, 9.17) is 0 Å². The molecule has 0 aliphatic carbocycles. The smallest absolute Gasteiger partial charge is 0.236 e. The van der Waals surface area contributed by atoms with Crippen LogP contribution in [0, 0.1) is 5.92 Å². The third-order valence-electron chi connectivity index (χ3n) is 3.78. The minimum absolute atomic E-state index is 0.192. The molecule has 0 aromatic carbocycles. The fourth-order valence-electron chi connectivity index (χ4n) is 2.50. The maximum atomic E-state index is 12.0. The van der Waals surface area contributed by atoms with Crippen molar-refractivity contribution in [3.63, 3.8) is 0 Å². The lowest BCUT2D eigenvalue weighted by molar-refractivity contribution is -0.135. The van der Waals surface area contributed by atoms with Crippen molar-refractivity contribution in [1.82, 2.24) is 14.7 Å². The lowest BCUT2D eigenvalue weighted by Crippen LogP contribution is -2.51. The maximum absolute atomic E-state index is 12.0. The Morgan fingerprint density at radius 2 is 1.60 bits per heavy atom. The Kier molecular flexibility index (Phi) is 6.99. The van der Waals surface area contributed by atoms with E-state index < -0.39 is 0 Å². The van der Waals surface area contributed by atoms with E-state index >= 15 is 0 Å². The van der Waals surface area contributed by atoms with E-state index in [0.717, 1.165) is 39.3 Å². The molecule has 0 aromatic heterocycles. The van der Waals surface area contributed by atoms with E-state index in [1.807, 2.05) is 23.6 Å². The Bertz CT molecular complexity index is 319. The summed E-state index contributed by atoms with van der Waals surface area (Å²) in [6, 6.07) is 0. The van der Waals surface area contributed by atoms with Gasteiger partial charge in [0.1, 0.15) is 0 Å². The summed E-state index contributed by atoms with van der Waals surface area (Å²) >= 11 is 0. The molecule has 116 valence electrons. The molecule has 0 atom stereocenters. The Hall–Kier alpha value is -1.10. The van der Waals surface area contributed by atoms with Crippen LogP contribution in [0.25, 0.3) is 0 Å². The van der Waals surface area contributed by atoms with Gasteiger partial charge in [-0.15, -0.1) is 0 Å². The average molecular weight is 283 g/mol. The molecule has 0 N–H and O–H groups in total. The first-order chi connectivity index (χ1) is 9.47. The van der Waals surface area contributed by atoms with Gasteiger partial charge in [0.15, 0.2) is 0 Å². The van der Waals surface area contributed by atoms with Crippen LogP contribution in [-0.4, -0.2) is 72.3 Å². The Morgan fingerprint density at radius 3 is 2.05 bits per heavy atom. The summed E-state index contributed by atoms with van der Waals surface area (Å²) in [7, 11) is 0. The molecule has 1 rings (SSSR count). The number of likely N-dealkylation sites (N-methyl/N-ethyl adjacent to an activating group) is 1. The minimum atomic E-state index is 0.192. The molecule has 1 fully saturated rings. The van der Waals surface area contributed by atoms with Crippen molar-refractivity contribution in [2.24, 2.45) is 5.92 Å². The molecular formula is C15H29N3O2. The molecule has 1 aliphatic rings. The second-order valence-electron chi connectivity index (χ2n) is 5.82. The maximum Gasteiger partial charge on any atom is 0.236 e. The molecule has 20 heavy (non-hydrogen) atoms. The first-order valence-corrected chi connectivity index (χ1v) is 7.75. The number of hydrogen-bond acceptors (Lipinski definition) is 3. The molecule has 1 aliphatic heterocycles. The van der Waals surface area contributed by atoms with Crippen molar-refractivity contribution in [2.75, 3.05) is 45.8 Å². The van der Waals surface area contributed by atoms with Crippen LogP contribution >= 0.6 is 0 Å². The van der Waals surface area contributed by atoms with Crippen LogP contribution in [-0.2, 0) is 9.59 Å². The second kappa shape index (κ2) is 8.25. The zero-order valence-electron chi connectivity index (χ0n) is 13.4. The van der Waals surface area contributed by atoms with Crippen molar-refractivity contribution in [1.29, 1.82) is 0 Å². The van der Waals surface area contributed by atoms with Gasteiger partial charge in [-0.05, 0) is 19.8 Å². The number of amides is 2. The normalized spacial score (nSPS) is 16.6. The second-order valence-corrected chi connectivity index (χ2v) is 5.82. The van der Waals surface area contributed by atoms with Gasteiger partial charge in [0, 0.05) is 45.7 Å². The quantitative estimate of drug-likeness (QED) is 0.732. The van der Waals surface area contributed by atoms with Crippen molar-refractivity contribution in [2.45, 2.75) is 34.1 Å². The van der Waals surface area contributed by atoms with Gasteiger partial charge < -0.3 is 9.80 Å². The number of piperazine rings is 1. The van der Waals surface area contributed by atoms with Crippen molar-refractivity contribution >= 4 is 11.8 Å². The van der Waals surface area contributed by atoms with Crippen LogP contribution in [0.3, 0.4) is 0 Å². The number of rotatable bonds is 6. The van der Waals surface area contributed by atoms with Crippen LogP contribution in [0.1, 0.15) is 34.1 Å². The van der Waals surface area contributed by atoms with Gasteiger partial charge in [-0.25, -0.2) is 0 Å². The van der Waals surface area contributed by atoms with Crippen LogP contribution in [0.2, 0.25) is 0 Å². The van der Waals surface area contributed by atoms with E-state index in [-0.39, 0.29) is 11.8 Å². The van der Waals surface area contributed by atoms with Gasteiger partial charge in [0.2, 0.25) is 11.8 Å². The van der Waals surface area contributed by atoms with Gasteiger partial charge in [-0.3, -0.25) is 14.5 Å². The van der Waals surface area contributed by atoms with E-state index in [1.54, 1.807) is 0 Å². The standard InChI is InChI=1S/C15H29N3O2/c1-5-17(6-2)15(20)12-16-7-9-18(10-8-16)14(19)11-13(3)4/h13H,5-12H2,1-4H3. The molecule has 0 saturated carbocycles. The summed E-state index contributed by atoms with van der Waals surface area (Å²) in [6.07, 6.45) is 0.623. The topological polar surface area (TPSA) is 43.9 Å². The fraction of sp³-hybridized carbons (Fsp3) is 0.867. The van der Waals surface area contributed by atoms with E-state index in [9.17, 15) is 9.59 Å². The molecule has 2 amide bonds. The minimum Gasteiger partial charge on any atom is -0.342 e. The molecule has 1 heterocycles. The molecule has 1 saturated heterocycles. The predicted molar refractivity (Wildman–Crippen MR) is 80.4 cm³/mol. The molecular weight excluding hydrogens is 254 g/mol. The zero-order chi connectivity index (χ0) is 15.1. The number of carbonyl (C=O) groups excluding carboxylic acids is 2. The number of carbonyl (C=O) groups is 2. The van der Waals surface area contributed by atoms with Gasteiger partial charge in [0.25, 0.3) is 0 Å². The van der Waals surface area contributed by atoms with Crippen LogP contribution in [0.5, 0.6) is 0 Å². The molecule has 5 nitrogen and oxygen atoms in total. The summed E-state index contributed by atoms with van der Waals surface area (Å²) in [5.74, 6) is 0.844. The summed E-state index contributed by atoms with van der Waals surface area (Å²) < 4.78 is 0. The Balaban J connectivity index is 2.35. The van der Waals surface area contributed by atoms with E-state index in [2.05, 4.69) is 18.7 Å². The highest BCUT2D eigenvalue weighted by Gasteiger charge is 2.23. The average Bonchev–Trinajstić information content (AvgIpc) is 2.40. The molecule has 0 radical (unpaired) electrons. The van der Waals surface area contributed by atoms with Crippen molar-refractivity contribution in [3.8, 4) is 0 Å². The highest BCUT2D eigenvalue weighted by atomic mass is 16.2. The van der Waals surface area contributed by atoms with Crippen LogP contribution < -0.4 is 0 Å². The monoisotopic (exact) mass is 283 g/mol. The molecule has 0 unspecified atom stereocenters. The number of hydrogen-bond donors (Lipinski definition) is 0. The predicted octanol–water partition coefficient (Wildman–Crippen LogP) is 1.05. The Labute approximate surface area is 122 Å². The third-order valence-corrected chi connectivity index (χ3v) is 3.78. The van der Waals surface area contributed by atoms with E-state index in [1.165, 1.54) is 0 Å². The van der Waals surface area contributed by atoms with Gasteiger partial charge in [-0.1, -0.05) is 13.8 Å². The SMILES string of the molecule is CCN(CC)C(=O)CN1CCN(C(=O)CC(C)C)CC1. The van der Waals surface area contributed by atoms with E-state index in [0.29, 0.717) is 18.9 Å². The summed E-state index contributed by atoms with van der Waals surface area (Å²) in [6.45, 7) is 13.3. The first kappa shape index (κ1) is 17.0. The highest BCUT2D eigenvalue weighted by molar-refractivity contribution is 5.78. The number of nitrogens with zero attached hydrogens (tertiary/aromatic N) is 3. The van der Waals surface area contributed by atoms with Crippen molar-refractivity contribution < 1.29 is 9.59 Å². The highest BCUT2D eigenvalue weighted by Crippen LogP contribution is 2.08. The molecule has 0 spiro atoms. The lowest BCUT2D eigenvalue weighted by Gasteiger charge is -2.35. The third kappa shape index (κ3) is 5.12. The van der Waals surface area contributed by atoms with Gasteiger partial charge in [0.05, 0.1) is 6.54 Å². The van der Waals surface area contributed by atoms with Crippen LogP contribution in [0.4, 0.5) is 0 Å². The fourth-order valence-corrected chi connectivity index (χ4v) is 2.50. The van der Waals surface area contributed by atoms with Crippen LogP contribution in [0.15, 0.2) is 0 Å².